The summed E-state index contributed by atoms with van der Waals surface area (Å²) in [5, 5.41) is 10.0. The normalized spacial score (nSPS) is 22.6. The summed E-state index contributed by atoms with van der Waals surface area (Å²) in [6, 6.07) is 0. The molecule has 0 aromatic rings. The maximum absolute atomic E-state index is 10.0. The van der Waals surface area contributed by atoms with Gasteiger partial charge in [-0.1, -0.05) is 56.8 Å². The zero-order valence-electron chi connectivity index (χ0n) is 12.4. The molecule has 1 aliphatic rings. The zero-order chi connectivity index (χ0) is 14.0. The van der Waals surface area contributed by atoms with Gasteiger partial charge in [0.25, 0.3) is 0 Å². The summed E-state index contributed by atoms with van der Waals surface area (Å²) in [6.45, 7) is 4.50. The van der Waals surface area contributed by atoms with Crippen LogP contribution in [0.25, 0.3) is 0 Å². The predicted molar refractivity (Wildman–Crippen MR) is 77.5 cm³/mol. The van der Waals surface area contributed by atoms with Gasteiger partial charge in [-0.25, -0.2) is 4.89 Å². The van der Waals surface area contributed by atoms with Crippen molar-refractivity contribution < 1.29 is 14.9 Å². The van der Waals surface area contributed by atoms with Crippen molar-refractivity contribution >= 4 is 0 Å². The fourth-order valence-corrected chi connectivity index (χ4v) is 2.17. The Morgan fingerprint density at radius 1 is 1.16 bits per heavy atom. The van der Waals surface area contributed by atoms with Crippen LogP contribution in [0.1, 0.15) is 65.2 Å². The molecule has 1 aliphatic carbocycles. The monoisotopic (exact) mass is 268 g/mol. The molecule has 0 aliphatic heterocycles. The molecular formula is C16H28O3. The first-order valence-corrected chi connectivity index (χ1v) is 7.61. The smallest absolute Gasteiger partial charge is 0.222 e. The van der Waals surface area contributed by atoms with E-state index in [0.29, 0.717) is 13.0 Å². The Bertz CT molecular complexity index is 296. The average molecular weight is 268 g/mol. The van der Waals surface area contributed by atoms with Crippen molar-refractivity contribution in [3.05, 3.63) is 23.8 Å². The van der Waals surface area contributed by atoms with E-state index in [0.717, 1.165) is 6.42 Å². The molecule has 110 valence electrons. The van der Waals surface area contributed by atoms with Crippen molar-refractivity contribution in [1.82, 2.24) is 0 Å². The zero-order valence-corrected chi connectivity index (χ0v) is 12.4. The van der Waals surface area contributed by atoms with Crippen molar-refractivity contribution in [2.45, 2.75) is 71.0 Å². The Balaban J connectivity index is 2.15. The van der Waals surface area contributed by atoms with Gasteiger partial charge in [0.05, 0.1) is 6.61 Å². The molecule has 3 heteroatoms. The van der Waals surface area contributed by atoms with Crippen LogP contribution in [0.5, 0.6) is 0 Å². The third-order valence-electron chi connectivity index (χ3n) is 3.35. The highest BCUT2D eigenvalue weighted by Crippen LogP contribution is 2.25. The van der Waals surface area contributed by atoms with Crippen LogP contribution >= 0.6 is 0 Å². The van der Waals surface area contributed by atoms with Crippen molar-refractivity contribution in [3.8, 4) is 0 Å². The summed E-state index contributed by atoms with van der Waals surface area (Å²) < 4.78 is 0. The molecule has 1 rings (SSSR count). The first kappa shape index (κ1) is 16.4. The maximum Gasteiger partial charge on any atom is 0.222 e. The van der Waals surface area contributed by atoms with Gasteiger partial charge in [0.15, 0.2) is 0 Å². The molecular weight excluding hydrogens is 240 g/mol. The Morgan fingerprint density at radius 3 is 2.53 bits per heavy atom. The quantitative estimate of drug-likeness (QED) is 0.278. The Morgan fingerprint density at radius 2 is 1.89 bits per heavy atom. The lowest BCUT2D eigenvalue weighted by atomic mass is 9.97. The fraction of sp³-hybridized carbons (Fsp3) is 0.750. The van der Waals surface area contributed by atoms with Gasteiger partial charge < -0.3 is 5.11 Å². The summed E-state index contributed by atoms with van der Waals surface area (Å²) in [6.07, 6.45) is 15.1. The third-order valence-corrected chi connectivity index (χ3v) is 3.35. The first-order valence-electron chi connectivity index (χ1n) is 7.61. The highest BCUT2D eigenvalue weighted by molar-refractivity contribution is 5.25. The van der Waals surface area contributed by atoms with Crippen molar-refractivity contribution in [2.75, 3.05) is 6.61 Å². The van der Waals surface area contributed by atoms with E-state index in [2.05, 4.69) is 6.92 Å². The van der Waals surface area contributed by atoms with Gasteiger partial charge in [0.1, 0.15) is 0 Å². The SMILES string of the molecule is CCCCCCCCC1=CC[C@](O)(OOCC)C=C1. The van der Waals surface area contributed by atoms with Gasteiger partial charge in [-0.05, 0) is 25.8 Å². The first-order chi connectivity index (χ1) is 9.20. The van der Waals surface area contributed by atoms with Gasteiger partial charge in [0.2, 0.25) is 5.79 Å². The Hall–Kier alpha value is -0.640. The van der Waals surface area contributed by atoms with Gasteiger partial charge in [-0.2, -0.15) is 4.89 Å². The molecule has 1 N–H and O–H groups in total. The molecule has 0 spiro atoms. The van der Waals surface area contributed by atoms with Crippen LogP contribution in [0.2, 0.25) is 0 Å². The predicted octanol–water partition coefficient (Wildman–Crippen LogP) is 4.28. The molecule has 0 saturated carbocycles. The van der Waals surface area contributed by atoms with Crippen LogP contribution < -0.4 is 0 Å². The van der Waals surface area contributed by atoms with E-state index in [1.807, 2.05) is 19.1 Å². The van der Waals surface area contributed by atoms with E-state index < -0.39 is 5.79 Å². The molecule has 19 heavy (non-hydrogen) atoms. The molecule has 0 radical (unpaired) electrons. The Labute approximate surface area is 117 Å². The molecule has 0 unspecified atom stereocenters. The van der Waals surface area contributed by atoms with E-state index in [-0.39, 0.29) is 0 Å². The lowest BCUT2D eigenvalue weighted by Gasteiger charge is -2.24. The van der Waals surface area contributed by atoms with Crippen LogP contribution in [-0.2, 0) is 9.78 Å². The number of allylic oxidation sites excluding steroid dienone is 2. The summed E-state index contributed by atoms with van der Waals surface area (Å²) in [7, 11) is 0. The largest absolute Gasteiger partial charge is 0.360 e. The minimum Gasteiger partial charge on any atom is -0.360 e. The Kier molecular flexibility index (Phi) is 8.03. The fourth-order valence-electron chi connectivity index (χ4n) is 2.17. The lowest BCUT2D eigenvalue weighted by molar-refractivity contribution is -0.399. The van der Waals surface area contributed by atoms with Crippen LogP contribution in [0.15, 0.2) is 23.8 Å². The highest BCUT2D eigenvalue weighted by atomic mass is 17.2. The van der Waals surface area contributed by atoms with E-state index in [9.17, 15) is 5.11 Å². The summed E-state index contributed by atoms with van der Waals surface area (Å²) in [5.41, 5.74) is 1.29. The number of rotatable bonds is 10. The van der Waals surface area contributed by atoms with E-state index in [1.54, 1.807) is 6.08 Å². The van der Waals surface area contributed by atoms with Gasteiger partial charge in [0, 0.05) is 6.42 Å². The standard InChI is InChI=1S/C16H28O3/c1-3-5-6-7-8-9-10-15-11-13-16(17,14-12-15)19-18-4-2/h11-13,17H,3-10,14H2,1-2H3/t16-/m1/s1. The second-order valence-corrected chi connectivity index (χ2v) is 5.17. The number of aliphatic hydroxyl groups is 1. The number of hydrogen-bond acceptors (Lipinski definition) is 3. The van der Waals surface area contributed by atoms with Crippen LogP contribution in [-0.4, -0.2) is 17.5 Å². The molecule has 0 amide bonds. The summed E-state index contributed by atoms with van der Waals surface area (Å²) in [4.78, 5) is 9.78. The van der Waals surface area contributed by atoms with Crippen LogP contribution in [0.3, 0.4) is 0 Å². The lowest BCUT2D eigenvalue weighted by Crippen LogP contribution is -2.30. The molecule has 1 atom stereocenters. The molecule has 0 aromatic carbocycles. The third kappa shape index (κ3) is 6.90. The molecule has 0 saturated heterocycles. The van der Waals surface area contributed by atoms with Crippen LogP contribution in [0, 0.1) is 0 Å². The van der Waals surface area contributed by atoms with Gasteiger partial charge in [-0.3, -0.25) is 0 Å². The van der Waals surface area contributed by atoms with E-state index in [4.69, 9.17) is 9.78 Å². The minimum absolute atomic E-state index is 0.435. The van der Waals surface area contributed by atoms with Crippen molar-refractivity contribution in [1.29, 1.82) is 0 Å². The molecule has 0 bridgehead atoms. The van der Waals surface area contributed by atoms with Gasteiger partial charge in [-0.15, -0.1) is 0 Å². The molecule has 3 nitrogen and oxygen atoms in total. The van der Waals surface area contributed by atoms with Crippen molar-refractivity contribution in [3.63, 3.8) is 0 Å². The van der Waals surface area contributed by atoms with E-state index in [1.165, 1.54) is 44.1 Å². The summed E-state index contributed by atoms with van der Waals surface area (Å²) in [5.74, 6) is -1.28. The van der Waals surface area contributed by atoms with Gasteiger partial charge >= 0.3 is 0 Å². The van der Waals surface area contributed by atoms with E-state index >= 15 is 0 Å². The summed E-state index contributed by atoms with van der Waals surface area (Å²) >= 11 is 0. The molecule has 0 heterocycles. The minimum atomic E-state index is -1.28. The van der Waals surface area contributed by atoms with Crippen molar-refractivity contribution in [2.24, 2.45) is 0 Å². The average Bonchev–Trinajstić information content (AvgIpc) is 2.43. The maximum atomic E-state index is 10.0. The number of unbranched alkanes of at least 4 members (excludes halogenated alkanes) is 5. The van der Waals surface area contributed by atoms with Crippen LogP contribution in [0.4, 0.5) is 0 Å². The second-order valence-electron chi connectivity index (χ2n) is 5.17. The highest BCUT2D eigenvalue weighted by Gasteiger charge is 2.27. The molecule has 0 aromatic heterocycles. The second kappa shape index (κ2) is 9.29. The molecule has 0 fully saturated rings. The number of hydrogen-bond donors (Lipinski definition) is 1. The topological polar surface area (TPSA) is 38.7 Å².